The van der Waals surface area contributed by atoms with Crippen molar-refractivity contribution in [1.82, 2.24) is 0 Å². The van der Waals surface area contributed by atoms with Crippen LogP contribution in [-0.4, -0.2) is 6.16 Å². The molecule has 0 amide bonds. The second-order valence-electron chi connectivity index (χ2n) is 0.997. The predicted molar refractivity (Wildman–Crippen MR) is 21.9 cm³/mol. The van der Waals surface area contributed by atoms with Gasteiger partial charge in [-0.15, -0.1) is 0 Å². The van der Waals surface area contributed by atoms with Gasteiger partial charge in [-0.2, -0.15) is 0 Å². The van der Waals surface area contributed by atoms with E-state index in [0.29, 0.717) is 0 Å². The molecule has 1 heterocycles. The average Bonchev–Trinajstić information content (AvgIpc) is 1.60. The summed E-state index contributed by atoms with van der Waals surface area (Å²) in [6, 6.07) is 0. The number of rotatable bonds is 1. The molecule has 0 aliphatic rings. The topological polar surface area (TPSA) is 92.7 Å². The van der Waals surface area contributed by atoms with Crippen LogP contribution in [0.1, 0.15) is 0 Å². The molecule has 0 bridgehead atoms. The molecule has 50 valence electrons. The second kappa shape index (κ2) is 4.37. The molecule has 0 unspecified atom stereocenters. The zero-order valence-corrected chi connectivity index (χ0v) is 8.91. The van der Waals surface area contributed by atoms with Gasteiger partial charge in [0.05, 0.1) is 0 Å². The Morgan fingerprint density at radius 3 is 2.40 bits per heavy atom. The molecule has 0 aliphatic heterocycles. The number of hydrogen-bond acceptors (Lipinski definition) is 6. The molecule has 10 heavy (non-hydrogen) atoms. The van der Waals surface area contributed by atoms with E-state index in [1.165, 1.54) is 0 Å². The van der Waals surface area contributed by atoms with Gasteiger partial charge >= 0.3 is 65.4 Å². The van der Waals surface area contributed by atoms with Crippen LogP contribution in [0.3, 0.4) is 0 Å². The first kappa shape index (κ1) is 10.5. The van der Waals surface area contributed by atoms with Crippen LogP contribution in [0.5, 0.6) is 0 Å². The van der Waals surface area contributed by atoms with Crippen molar-refractivity contribution >= 4 is 14.4 Å². The molecule has 0 spiro atoms. The zero-order valence-electron chi connectivity index (χ0n) is 4.90. The predicted octanol–water partition coefficient (Wildman–Crippen LogP) is -4.00. The Hall–Kier alpha value is 0.476. The van der Waals surface area contributed by atoms with E-state index in [2.05, 4.69) is 12.9 Å². The van der Waals surface area contributed by atoms with Gasteiger partial charge in [-0.05, 0) is 0 Å². The van der Waals surface area contributed by atoms with E-state index in [0.717, 1.165) is 0 Å². The van der Waals surface area contributed by atoms with Crippen LogP contribution in [0.2, 0.25) is 0 Å². The first-order chi connectivity index (χ1) is 4.18. The van der Waals surface area contributed by atoms with Crippen LogP contribution in [0.15, 0.2) is 13.2 Å². The fraction of sp³-hybridized carbons (Fsp3) is 0. The van der Waals surface area contributed by atoms with Crippen molar-refractivity contribution < 1.29 is 74.2 Å². The summed E-state index contributed by atoms with van der Waals surface area (Å²) in [7, 11) is -1.99. The van der Waals surface area contributed by atoms with E-state index in [1.54, 1.807) is 0 Å². The smallest absolute Gasteiger partial charge is 0.443 e. The van der Waals surface area contributed by atoms with Crippen LogP contribution in [0, 0.1) is 0 Å². The third kappa shape index (κ3) is 3.04. The number of carboxylic acid groups (broad SMARTS) is 1. The molecule has 0 aromatic carbocycles. The molecule has 0 fully saturated rings. The standard InChI is InChI=1S/C2HO6P.K/c3-1(4)6-9-7-2(5)8-9;/h(H,3,4);/q;+1/p-1. The molecule has 1 aromatic rings. The molecule has 1 rings (SSSR count). The molecule has 0 atom stereocenters. The Kier molecular flexibility index (Phi) is 4.58. The van der Waals surface area contributed by atoms with Gasteiger partial charge in [0, 0.05) is 0 Å². The van der Waals surface area contributed by atoms with Gasteiger partial charge in [0.1, 0.15) is 0 Å². The molecule has 0 saturated heterocycles. The normalized spacial score (nSPS) is 8.40. The largest absolute Gasteiger partial charge is 1.00 e. The average molecular weight is 190 g/mol. The first-order valence-corrected chi connectivity index (χ1v) is 2.87. The molecule has 8 heteroatoms. The summed E-state index contributed by atoms with van der Waals surface area (Å²) in [6.07, 6.45) is -1.77. The van der Waals surface area contributed by atoms with Crippen LogP contribution < -0.4 is 66.8 Å². The van der Waals surface area contributed by atoms with Crippen molar-refractivity contribution in [1.29, 1.82) is 0 Å². The number of hydrogen-bond donors (Lipinski definition) is 0. The molecule has 6 nitrogen and oxygen atoms in total. The summed E-state index contributed by atoms with van der Waals surface area (Å²) in [5.74, 6) is -0.928. The van der Waals surface area contributed by atoms with E-state index in [9.17, 15) is 14.7 Å². The van der Waals surface area contributed by atoms with E-state index in [4.69, 9.17) is 0 Å². The van der Waals surface area contributed by atoms with Crippen LogP contribution in [0.4, 0.5) is 4.79 Å². The van der Waals surface area contributed by atoms with E-state index in [1.807, 2.05) is 0 Å². The monoisotopic (exact) mass is 190 g/mol. The van der Waals surface area contributed by atoms with Gasteiger partial charge in [-0.25, -0.2) is 4.79 Å². The Morgan fingerprint density at radius 1 is 1.60 bits per heavy atom. The van der Waals surface area contributed by atoms with Crippen molar-refractivity contribution in [3.8, 4) is 0 Å². The minimum absolute atomic E-state index is 0. The van der Waals surface area contributed by atoms with Gasteiger partial charge < -0.3 is 22.8 Å². The Bertz CT molecular complexity index is 240. The first-order valence-electron chi connectivity index (χ1n) is 1.77. The molecule has 0 N–H and O–H groups in total. The van der Waals surface area contributed by atoms with Gasteiger partial charge in [0.2, 0.25) is 0 Å². The van der Waals surface area contributed by atoms with E-state index < -0.39 is 20.2 Å². The zero-order chi connectivity index (χ0) is 6.85. The summed E-state index contributed by atoms with van der Waals surface area (Å²) in [4.78, 5) is 19.3. The summed E-state index contributed by atoms with van der Waals surface area (Å²) in [5.41, 5.74) is 0. The Labute approximate surface area is 97.9 Å². The van der Waals surface area contributed by atoms with Crippen molar-refractivity contribution in [3.05, 3.63) is 10.6 Å². The van der Waals surface area contributed by atoms with E-state index in [-0.39, 0.29) is 51.4 Å². The van der Waals surface area contributed by atoms with Crippen LogP contribution in [0.25, 0.3) is 0 Å². The van der Waals surface area contributed by atoms with Crippen LogP contribution >= 0.6 is 8.24 Å². The van der Waals surface area contributed by atoms with Crippen molar-refractivity contribution in [2.45, 2.75) is 0 Å². The second-order valence-corrected chi connectivity index (χ2v) is 1.99. The Morgan fingerprint density at radius 2 is 2.10 bits per heavy atom. The summed E-state index contributed by atoms with van der Waals surface area (Å²) in [5, 5.41) is 9.52. The SMILES string of the molecule is O=C([O-])Op1oc(=O)o1.[K+]. The molecule has 0 radical (unpaired) electrons. The summed E-state index contributed by atoms with van der Waals surface area (Å²) < 4.78 is 11.8. The summed E-state index contributed by atoms with van der Waals surface area (Å²) >= 11 is 0. The molecule has 0 saturated carbocycles. The number of carbonyl (C=O) groups excluding carboxylic acids is 1. The maximum absolute atomic E-state index is 9.77. The van der Waals surface area contributed by atoms with Crippen molar-refractivity contribution in [3.63, 3.8) is 0 Å². The van der Waals surface area contributed by atoms with Gasteiger partial charge in [0.15, 0.2) is 0 Å². The van der Waals surface area contributed by atoms with Gasteiger partial charge in [0.25, 0.3) is 6.16 Å². The van der Waals surface area contributed by atoms with Crippen LogP contribution in [-0.2, 0) is 0 Å². The minimum atomic E-state index is -1.99. The Balaban J connectivity index is 0.000000810. The molecule has 1 aromatic heterocycles. The quantitative estimate of drug-likeness (QED) is 0.419. The molecular formula is C2KO6P. The van der Waals surface area contributed by atoms with Crippen molar-refractivity contribution in [2.75, 3.05) is 0 Å². The van der Waals surface area contributed by atoms with E-state index >= 15 is 0 Å². The third-order valence-electron chi connectivity index (χ3n) is 0.447. The number of carbonyl (C=O) groups is 1. The molecule has 0 aliphatic carbocycles. The molecular weight excluding hydrogens is 190 g/mol. The minimum Gasteiger partial charge on any atom is -0.443 e. The fourth-order valence-electron chi connectivity index (χ4n) is 0.227. The maximum atomic E-state index is 9.77. The maximum Gasteiger partial charge on any atom is 1.00 e. The van der Waals surface area contributed by atoms with Gasteiger partial charge in [-0.3, -0.25) is 0 Å². The third-order valence-corrected chi connectivity index (χ3v) is 1.34. The fourth-order valence-corrected chi connectivity index (χ4v) is 0.680. The summed E-state index contributed by atoms with van der Waals surface area (Å²) in [6.45, 7) is 0. The van der Waals surface area contributed by atoms with Crippen molar-refractivity contribution in [2.24, 2.45) is 0 Å². The van der Waals surface area contributed by atoms with Gasteiger partial charge in [-0.1, -0.05) is 0 Å².